The topological polar surface area (TPSA) is 69.9 Å². The summed E-state index contributed by atoms with van der Waals surface area (Å²) in [6.07, 6.45) is 0.242. The molecule has 1 heterocycles. The Bertz CT molecular complexity index is 472. The lowest BCUT2D eigenvalue weighted by Gasteiger charge is -2.23. The first-order valence-corrected chi connectivity index (χ1v) is 5.55. The van der Waals surface area contributed by atoms with Gasteiger partial charge >= 0.3 is 0 Å². The van der Waals surface area contributed by atoms with Gasteiger partial charge in [0.1, 0.15) is 0 Å². The molecule has 0 N–H and O–H groups in total. The second-order valence-corrected chi connectivity index (χ2v) is 4.24. The zero-order valence-corrected chi connectivity index (χ0v) is 10.8. The van der Waals surface area contributed by atoms with Crippen molar-refractivity contribution in [3.05, 3.63) is 21.9 Å². The molecule has 0 saturated heterocycles. The fourth-order valence-corrected chi connectivity index (χ4v) is 1.48. The zero-order valence-electron chi connectivity index (χ0n) is 9.31. The van der Waals surface area contributed by atoms with Gasteiger partial charge in [0, 0.05) is 13.1 Å². The van der Waals surface area contributed by atoms with E-state index in [0.717, 1.165) is 0 Å². The van der Waals surface area contributed by atoms with E-state index in [0.29, 0.717) is 0 Å². The number of rotatable bonds is 3. The number of halogens is 2. The molecule has 0 fully saturated rings. The maximum absolute atomic E-state index is 12.0. The van der Waals surface area contributed by atoms with Crippen LogP contribution >= 0.6 is 23.2 Å². The van der Waals surface area contributed by atoms with Crippen LogP contribution in [0.15, 0.2) is 6.07 Å². The van der Waals surface area contributed by atoms with Crippen LogP contribution in [-0.2, 0) is 0 Å². The first-order valence-electron chi connectivity index (χ1n) is 4.80. The van der Waals surface area contributed by atoms with E-state index in [1.807, 2.05) is 6.07 Å². The van der Waals surface area contributed by atoms with E-state index in [1.165, 1.54) is 11.0 Å². The number of aromatic nitrogens is 2. The van der Waals surface area contributed by atoms with Crippen LogP contribution in [0.3, 0.4) is 0 Å². The molecule has 1 atom stereocenters. The molecule has 0 radical (unpaired) electrons. The molecule has 0 aliphatic rings. The first-order chi connectivity index (χ1) is 7.97. The second-order valence-electron chi connectivity index (χ2n) is 3.50. The Morgan fingerprint density at radius 3 is 2.82 bits per heavy atom. The van der Waals surface area contributed by atoms with Gasteiger partial charge in [0.15, 0.2) is 10.3 Å². The first kappa shape index (κ1) is 13.7. The van der Waals surface area contributed by atoms with Gasteiger partial charge in [0.2, 0.25) is 0 Å². The van der Waals surface area contributed by atoms with Gasteiger partial charge < -0.3 is 4.90 Å². The van der Waals surface area contributed by atoms with E-state index in [2.05, 4.69) is 10.2 Å². The fourth-order valence-electron chi connectivity index (χ4n) is 1.16. The summed E-state index contributed by atoms with van der Waals surface area (Å²) in [4.78, 5) is 13.5. The van der Waals surface area contributed by atoms with Crippen molar-refractivity contribution in [1.29, 1.82) is 5.26 Å². The molecule has 17 heavy (non-hydrogen) atoms. The highest BCUT2D eigenvalue weighted by Gasteiger charge is 2.21. The molecular weight excluding hydrogens is 263 g/mol. The molecule has 1 unspecified atom stereocenters. The molecule has 7 heteroatoms. The zero-order chi connectivity index (χ0) is 13.0. The van der Waals surface area contributed by atoms with E-state index >= 15 is 0 Å². The molecule has 1 rings (SSSR count). The van der Waals surface area contributed by atoms with E-state index in [1.54, 1.807) is 14.0 Å². The van der Waals surface area contributed by atoms with Gasteiger partial charge in [-0.2, -0.15) is 5.26 Å². The summed E-state index contributed by atoms with van der Waals surface area (Å²) in [5, 5.41) is 15.8. The molecule has 0 bridgehead atoms. The summed E-state index contributed by atoms with van der Waals surface area (Å²) in [5.74, 6) is -0.338. The fraction of sp³-hybridized carbons (Fsp3) is 0.400. The minimum atomic E-state index is -0.338. The SMILES string of the molecule is CC(CC#N)N(C)C(=O)c1cc(Cl)nnc1Cl. The lowest BCUT2D eigenvalue weighted by Crippen LogP contribution is -2.35. The predicted octanol–water partition coefficient (Wildman–Crippen LogP) is 2.16. The molecule has 0 saturated carbocycles. The van der Waals surface area contributed by atoms with Crippen molar-refractivity contribution in [3.63, 3.8) is 0 Å². The third-order valence-corrected chi connectivity index (χ3v) is 2.78. The number of hydrogen-bond acceptors (Lipinski definition) is 4. The summed E-state index contributed by atoms with van der Waals surface area (Å²) >= 11 is 11.4. The summed E-state index contributed by atoms with van der Waals surface area (Å²) in [6, 6.07) is 3.14. The maximum atomic E-state index is 12.0. The minimum absolute atomic E-state index is 0.00425. The predicted molar refractivity (Wildman–Crippen MR) is 63.8 cm³/mol. The van der Waals surface area contributed by atoms with Gasteiger partial charge in [-0.15, -0.1) is 10.2 Å². The van der Waals surface area contributed by atoms with Crippen molar-refractivity contribution in [3.8, 4) is 6.07 Å². The van der Waals surface area contributed by atoms with Crippen LogP contribution in [0.5, 0.6) is 0 Å². The maximum Gasteiger partial charge on any atom is 0.257 e. The molecule has 1 aromatic rings. The molecule has 1 aromatic heterocycles. The average molecular weight is 273 g/mol. The highest BCUT2D eigenvalue weighted by molar-refractivity contribution is 6.34. The number of carbonyl (C=O) groups is 1. The molecule has 0 spiro atoms. The molecule has 0 aliphatic carbocycles. The lowest BCUT2D eigenvalue weighted by atomic mass is 10.2. The summed E-state index contributed by atoms with van der Waals surface area (Å²) in [7, 11) is 1.59. The highest BCUT2D eigenvalue weighted by atomic mass is 35.5. The Morgan fingerprint density at radius 2 is 2.24 bits per heavy atom. The largest absolute Gasteiger partial charge is 0.338 e. The Labute approximate surface area is 109 Å². The van der Waals surface area contributed by atoms with E-state index in [9.17, 15) is 4.79 Å². The quantitative estimate of drug-likeness (QED) is 0.846. The van der Waals surface area contributed by atoms with Crippen molar-refractivity contribution >= 4 is 29.1 Å². The molecule has 90 valence electrons. The third-order valence-electron chi connectivity index (χ3n) is 2.32. The molecule has 0 aromatic carbocycles. The van der Waals surface area contributed by atoms with Crippen LogP contribution in [0.2, 0.25) is 10.3 Å². The molecule has 1 amide bonds. The number of nitrogens with zero attached hydrogens (tertiary/aromatic N) is 4. The summed E-state index contributed by atoms with van der Waals surface area (Å²) in [6.45, 7) is 1.77. The second kappa shape index (κ2) is 5.80. The van der Waals surface area contributed by atoms with Gasteiger partial charge in [-0.25, -0.2) is 0 Å². The number of nitriles is 1. The van der Waals surface area contributed by atoms with Gasteiger partial charge in [-0.1, -0.05) is 23.2 Å². The Hall–Kier alpha value is -1.38. The van der Waals surface area contributed by atoms with Crippen LogP contribution in [0, 0.1) is 11.3 Å². The number of carbonyl (C=O) groups excluding carboxylic acids is 1. The molecule has 5 nitrogen and oxygen atoms in total. The van der Waals surface area contributed by atoms with Crippen LogP contribution in [-0.4, -0.2) is 34.1 Å². The Kier molecular flexibility index (Phi) is 4.67. The third kappa shape index (κ3) is 3.29. The van der Waals surface area contributed by atoms with Crippen LogP contribution in [0.1, 0.15) is 23.7 Å². The minimum Gasteiger partial charge on any atom is -0.338 e. The van der Waals surface area contributed by atoms with E-state index in [-0.39, 0.29) is 34.2 Å². The standard InChI is InChI=1S/C10H10Cl2N4O/c1-6(3-4-13)16(2)10(17)7-5-8(11)14-15-9(7)12/h5-6H,3H2,1-2H3. The molecular formula is C10H10Cl2N4O. The van der Waals surface area contributed by atoms with Crippen LogP contribution in [0.4, 0.5) is 0 Å². The van der Waals surface area contributed by atoms with Crippen molar-refractivity contribution in [1.82, 2.24) is 15.1 Å². The smallest absolute Gasteiger partial charge is 0.257 e. The van der Waals surface area contributed by atoms with Gasteiger partial charge in [0.05, 0.1) is 18.1 Å². The summed E-state index contributed by atoms with van der Waals surface area (Å²) in [5.41, 5.74) is 0.180. The van der Waals surface area contributed by atoms with Crippen molar-refractivity contribution < 1.29 is 4.79 Å². The monoisotopic (exact) mass is 272 g/mol. The average Bonchev–Trinajstić information content (AvgIpc) is 2.30. The van der Waals surface area contributed by atoms with Crippen molar-refractivity contribution in [2.24, 2.45) is 0 Å². The van der Waals surface area contributed by atoms with E-state index in [4.69, 9.17) is 28.5 Å². The Morgan fingerprint density at radius 1 is 1.59 bits per heavy atom. The number of amides is 1. The van der Waals surface area contributed by atoms with E-state index < -0.39 is 0 Å². The van der Waals surface area contributed by atoms with Gasteiger partial charge in [-0.3, -0.25) is 4.79 Å². The number of hydrogen-bond donors (Lipinski definition) is 0. The van der Waals surface area contributed by atoms with Gasteiger partial charge in [0.25, 0.3) is 5.91 Å². The highest BCUT2D eigenvalue weighted by Crippen LogP contribution is 2.18. The lowest BCUT2D eigenvalue weighted by molar-refractivity contribution is 0.0746. The van der Waals surface area contributed by atoms with Crippen LogP contribution < -0.4 is 0 Å². The van der Waals surface area contributed by atoms with Gasteiger partial charge in [-0.05, 0) is 13.0 Å². The summed E-state index contributed by atoms with van der Waals surface area (Å²) < 4.78 is 0. The van der Waals surface area contributed by atoms with Crippen molar-refractivity contribution in [2.45, 2.75) is 19.4 Å². The molecule has 0 aliphatic heterocycles. The van der Waals surface area contributed by atoms with Crippen molar-refractivity contribution in [2.75, 3.05) is 7.05 Å². The normalized spacial score (nSPS) is 11.7. The van der Waals surface area contributed by atoms with Crippen LogP contribution in [0.25, 0.3) is 0 Å². The Balaban J connectivity index is 2.96.